The van der Waals surface area contributed by atoms with Crippen molar-refractivity contribution in [3.05, 3.63) is 23.7 Å². The van der Waals surface area contributed by atoms with Gasteiger partial charge in [0.05, 0.1) is 6.26 Å². The van der Waals surface area contributed by atoms with Gasteiger partial charge in [-0.1, -0.05) is 12.8 Å². The molecular weight excluding hydrogens is 194 g/mol. The van der Waals surface area contributed by atoms with E-state index < -0.39 is 5.97 Å². The predicted octanol–water partition coefficient (Wildman–Crippen LogP) is 1.87. The molecule has 4 nitrogen and oxygen atoms in total. The Balaban J connectivity index is 1.76. The zero-order valence-electron chi connectivity index (χ0n) is 8.53. The van der Waals surface area contributed by atoms with Gasteiger partial charge in [0.15, 0.2) is 0 Å². The van der Waals surface area contributed by atoms with Crippen LogP contribution in [-0.4, -0.2) is 17.6 Å². The molecule has 2 rings (SSSR count). The number of hydrogen-bond donors (Lipinski definition) is 2. The lowest BCUT2D eigenvalue weighted by Crippen LogP contribution is -2.16. The van der Waals surface area contributed by atoms with Gasteiger partial charge in [-0.25, -0.2) is 4.79 Å². The first kappa shape index (κ1) is 10.2. The number of hydrogen-bond acceptors (Lipinski definition) is 3. The third kappa shape index (κ3) is 2.83. The monoisotopic (exact) mass is 209 g/mol. The van der Waals surface area contributed by atoms with Crippen LogP contribution in [0.1, 0.15) is 35.4 Å². The Hall–Kier alpha value is -1.29. The first-order valence-corrected chi connectivity index (χ1v) is 5.27. The van der Waals surface area contributed by atoms with Crippen LogP contribution in [0.25, 0.3) is 0 Å². The summed E-state index contributed by atoms with van der Waals surface area (Å²) >= 11 is 0. The van der Waals surface area contributed by atoms with Gasteiger partial charge in [-0.15, -0.1) is 0 Å². The summed E-state index contributed by atoms with van der Waals surface area (Å²) in [5, 5.41) is 12.0. The Morgan fingerprint density at radius 1 is 1.60 bits per heavy atom. The fourth-order valence-corrected chi connectivity index (χ4v) is 1.60. The van der Waals surface area contributed by atoms with Crippen LogP contribution < -0.4 is 5.32 Å². The van der Waals surface area contributed by atoms with E-state index in [-0.39, 0.29) is 5.76 Å². The minimum Gasteiger partial charge on any atom is -0.475 e. The number of furan rings is 1. The molecule has 4 heteroatoms. The van der Waals surface area contributed by atoms with Crippen molar-refractivity contribution in [2.75, 3.05) is 6.54 Å². The van der Waals surface area contributed by atoms with Crippen molar-refractivity contribution in [2.45, 2.75) is 25.8 Å². The maximum atomic E-state index is 10.7. The second-order valence-corrected chi connectivity index (χ2v) is 3.99. The summed E-state index contributed by atoms with van der Waals surface area (Å²) in [6.45, 7) is 1.53. The van der Waals surface area contributed by atoms with Gasteiger partial charge in [0.2, 0.25) is 5.76 Å². The molecule has 1 aromatic rings. The maximum Gasteiger partial charge on any atom is 0.372 e. The largest absolute Gasteiger partial charge is 0.475 e. The van der Waals surface area contributed by atoms with Crippen LogP contribution in [-0.2, 0) is 6.54 Å². The van der Waals surface area contributed by atoms with Gasteiger partial charge in [0.1, 0.15) is 0 Å². The summed E-state index contributed by atoms with van der Waals surface area (Å²) in [6.07, 6.45) is 5.32. The van der Waals surface area contributed by atoms with Crippen LogP contribution in [0.4, 0.5) is 0 Å². The normalized spacial score (nSPS) is 15.5. The Labute approximate surface area is 88.3 Å². The second-order valence-electron chi connectivity index (χ2n) is 3.99. The summed E-state index contributed by atoms with van der Waals surface area (Å²) in [4.78, 5) is 10.7. The molecule has 1 aromatic heterocycles. The van der Waals surface area contributed by atoms with Crippen molar-refractivity contribution in [3.8, 4) is 0 Å². The number of aromatic carboxylic acids is 1. The molecular formula is C11H15NO3. The van der Waals surface area contributed by atoms with E-state index in [0.29, 0.717) is 6.54 Å². The lowest BCUT2D eigenvalue weighted by Gasteiger charge is -2.02. The van der Waals surface area contributed by atoms with Crippen molar-refractivity contribution in [1.29, 1.82) is 0 Å². The number of carboxylic acids is 1. The molecule has 1 fully saturated rings. The highest BCUT2D eigenvalue weighted by Crippen LogP contribution is 2.31. The van der Waals surface area contributed by atoms with Gasteiger partial charge in [-0.2, -0.15) is 0 Å². The van der Waals surface area contributed by atoms with E-state index in [0.717, 1.165) is 18.0 Å². The van der Waals surface area contributed by atoms with Crippen LogP contribution in [0.5, 0.6) is 0 Å². The van der Waals surface area contributed by atoms with Gasteiger partial charge in [0, 0.05) is 12.1 Å². The molecule has 1 aliphatic carbocycles. The smallest absolute Gasteiger partial charge is 0.372 e. The number of carboxylic acid groups (broad SMARTS) is 1. The zero-order valence-corrected chi connectivity index (χ0v) is 8.53. The van der Waals surface area contributed by atoms with Crippen LogP contribution in [0.15, 0.2) is 16.7 Å². The molecule has 82 valence electrons. The Morgan fingerprint density at radius 3 is 3.07 bits per heavy atom. The van der Waals surface area contributed by atoms with Gasteiger partial charge in [-0.3, -0.25) is 0 Å². The van der Waals surface area contributed by atoms with E-state index in [2.05, 4.69) is 5.32 Å². The fourth-order valence-electron chi connectivity index (χ4n) is 1.60. The quantitative estimate of drug-likeness (QED) is 0.702. The fraction of sp³-hybridized carbons (Fsp3) is 0.545. The third-order valence-electron chi connectivity index (χ3n) is 2.68. The maximum absolute atomic E-state index is 10.7. The molecule has 2 N–H and O–H groups in total. The highest BCUT2D eigenvalue weighted by atomic mass is 16.4. The second kappa shape index (κ2) is 4.49. The zero-order chi connectivity index (χ0) is 10.7. The van der Waals surface area contributed by atoms with Gasteiger partial charge in [0.25, 0.3) is 0 Å². The first-order valence-electron chi connectivity index (χ1n) is 5.27. The average Bonchev–Trinajstić information content (AvgIpc) is 2.90. The van der Waals surface area contributed by atoms with E-state index in [4.69, 9.17) is 9.52 Å². The minimum atomic E-state index is -1.00. The molecule has 0 aliphatic heterocycles. The van der Waals surface area contributed by atoms with E-state index in [1.54, 1.807) is 6.07 Å². The van der Waals surface area contributed by atoms with E-state index in [1.165, 1.54) is 25.5 Å². The molecule has 1 heterocycles. The molecule has 0 spiro atoms. The summed E-state index contributed by atoms with van der Waals surface area (Å²) in [5.41, 5.74) is 0.721. The Morgan fingerprint density at radius 2 is 2.40 bits per heavy atom. The highest BCUT2D eigenvalue weighted by Gasteiger charge is 2.20. The molecule has 0 atom stereocenters. The van der Waals surface area contributed by atoms with E-state index in [1.807, 2.05) is 0 Å². The lowest BCUT2D eigenvalue weighted by atomic mass is 10.2. The standard InChI is InChI=1S/C11H15NO3/c13-11(14)10-9(4-6-15-10)7-12-5-3-8-1-2-8/h4,6,8,12H,1-3,5,7H2,(H,13,14). The van der Waals surface area contributed by atoms with Crippen LogP contribution in [0.2, 0.25) is 0 Å². The van der Waals surface area contributed by atoms with Crippen LogP contribution in [0, 0.1) is 5.92 Å². The summed E-state index contributed by atoms with van der Waals surface area (Å²) < 4.78 is 4.88. The number of nitrogens with one attached hydrogen (secondary N) is 1. The molecule has 0 unspecified atom stereocenters. The molecule has 0 amide bonds. The topological polar surface area (TPSA) is 62.5 Å². The van der Waals surface area contributed by atoms with Crippen molar-refractivity contribution < 1.29 is 14.3 Å². The minimum absolute atomic E-state index is 0.0499. The van der Waals surface area contributed by atoms with Crippen molar-refractivity contribution >= 4 is 5.97 Å². The molecule has 0 radical (unpaired) electrons. The summed E-state index contributed by atoms with van der Waals surface area (Å²) in [6, 6.07) is 1.70. The Kier molecular flexibility index (Phi) is 3.06. The summed E-state index contributed by atoms with van der Waals surface area (Å²) in [7, 11) is 0. The molecule has 1 saturated carbocycles. The predicted molar refractivity (Wildman–Crippen MR) is 54.7 cm³/mol. The highest BCUT2D eigenvalue weighted by molar-refractivity contribution is 5.86. The van der Waals surface area contributed by atoms with Crippen LogP contribution >= 0.6 is 0 Å². The first-order chi connectivity index (χ1) is 7.27. The SMILES string of the molecule is O=C(O)c1occc1CNCCC1CC1. The molecule has 0 aromatic carbocycles. The Bertz CT molecular complexity index is 341. The van der Waals surface area contributed by atoms with Gasteiger partial charge in [-0.05, 0) is 24.9 Å². The summed E-state index contributed by atoms with van der Waals surface area (Å²) in [5.74, 6) is -0.0475. The molecule has 0 bridgehead atoms. The van der Waals surface area contributed by atoms with Gasteiger partial charge >= 0.3 is 5.97 Å². The van der Waals surface area contributed by atoms with Crippen molar-refractivity contribution in [3.63, 3.8) is 0 Å². The van der Waals surface area contributed by atoms with Crippen LogP contribution in [0.3, 0.4) is 0 Å². The molecule has 0 saturated heterocycles. The van der Waals surface area contributed by atoms with Gasteiger partial charge < -0.3 is 14.8 Å². The van der Waals surface area contributed by atoms with Crippen molar-refractivity contribution in [2.24, 2.45) is 5.92 Å². The van der Waals surface area contributed by atoms with Crippen molar-refractivity contribution in [1.82, 2.24) is 5.32 Å². The third-order valence-corrected chi connectivity index (χ3v) is 2.68. The molecule has 1 aliphatic rings. The molecule has 15 heavy (non-hydrogen) atoms. The van der Waals surface area contributed by atoms with E-state index in [9.17, 15) is 4.79 Å². The average molecular weight is 209 g/mol. The van der Waals surface area contributed by atoms with E-state index >= 15 is 0 Å². The lowest BCUT2D eigenvalue weighted by molar-refractivity contribution is 0.0660. The number of carbonyl (C=O) groups is 1. The number of rotatable bonds is 6.